The van der Waals surface area contributed by atoms with Crippen molar-refractivity contribution in [2.45, 2.75) is 72.3 Å². The second-order valence-corrected chi connectivity index (χ2v) is 10.6. The Morgan fingerprint density at radius 3 is 2.36 bits per heavy atom. The van der Waals surface area contributed by atoms with Gasteiger partial charge in [-0.25, -0.2) is 19.0 Å². The number of likely N-dealkylation sites (tertiary alicyclic amines) is 1. The maximum absolute atomic E-state index is 14.9. The fraction of sp³-hybridized carbons (Fsp3) is 0.500. The molecule has 1 amide bonds. The summed E-state index contributed by atoms with van der Waals surface area (Å²) in [5.41, 5.74) is -0.0779. The molecule has 39 heavy (non-hydrogen) atoms. The lowest BCUT2D eigenvalue weighted by Gasteiger charge is -2.33. The van der Waals surface area contributed by atoms with Crippen LogP contribution in [-0.2, 0) is 24.9 Å². The highest BCUT2D eigenvalue weighted by molar-refractivity contribution is 5.76. The van der Waals surface area contributed by atoms with Crippen molar-refractivity contribution < 1.29 is 18.7 Å². The van der Waals surface area contributed by atoms with Crippen LogP contribution in [0.1, 0.15) is 58.8 Å². The number of piperidine rings is 1. The van der Waals surface area contributed by atoms with Crippen molar-refractivity contribution >= 4 is 29.4 Å². The molecular weight excluding hydrogens is 505 g/mol. The first-order valence-electron chi connectivity index (χ1n) is 13.3. The summed E-state index contributed by atoms with van der Waals surface area (Å²) in [6.07, 6.45) is 3.98. The number of aromatic nitrogens is 4. The number of fused-ring (bicyclic) bond motifs is 1. The molecule has 2 aromatic heterocycles. The molecule has 0 atom stereocenters. The van der Waals surface area contributed by atoms with Crippen LogP contribution in [-0.4, -0.2) is 54.5 Å². The highest BCUT2D eigenvalue weighted by Gasteiger charge is 2.28. The molecule has 0 radical (unpaired) electrons. The summed E-state index contributed by atoms with van der Waals surface area (Å²) in [5, 5.41) is 0. The van der Waals surface area contributed by atoms with Gasteiger partial charge in [0, 0.05) is 46.1 Å². The smallest absolute Gasteiger partial charge is 0.410 e. The van der Waals surface area contributed by atoms with Crippen LogP contribution >= 0.6 is 0 Å². The molecule has 0 saturated carbocycles. The molecule has 210 valence electrons. The summed E-state index contributed by atoms with van der Waals surface area (Å²) < 4.78 is 30.5. The largest absolute Gasteiger partial charge is 0.487 e. The first-order valence-corrected chi connectivity index (χ1v) is 13.3. The van der Waals surface area contributed by atoms with Crippen LogP contribution < -0.4 is 16.0 Å². The molecule has 0 bridgehead atoms. The fourth-order valence-corrected chi connectivity index (χ4v) is 4.64. The van der Waals surface area contributed by atoms with E-state index in [9.17, 15) is 18.8 Å². The Balaban J connectivity index is 1.47. The number of benzene rings is 1. The molecule has 1 aromatic carbocycles. The van der Waals surface area contributed by atoms with Crippen molar-refractivity contribution in [1.29, 1.82) is 0 Å². The highest BCUT2D eigenvalue weighted by atomic mass is 19.1. The van der Waals surface area contributed by atoms with Gasteiger partial charge in [-0.2, -0.15) is 0 Å². The third kappa shape index (κ3) is 5.91. The zero-order chi connectivity index (χ0) is 28.5. The first-order chi connectivity index (χ1) is 18.4. The summed E-state index contributed by atoms with van der Waals surface area (Å²) in [6.45, 7) is 10.7. The minimum Gasteiger partial charge on any atom is -0.487 e. The lowest BCUT2D eigenvalue weighted by molar-refractivity contribution is 0.0123. The molecule has 3 heterocycles. The van der Waals surface area contributed by atoms with Gasteiger partial charge in [0.2, 0.25) is 0 Å². The van der Waals surface area contributed by atoms with E-state index in [1.54, 1.807) is 47.7 Å². The number of halogens is 1. The van der Waals surface area contributed by atoms with Gasteiger partial charge < -0.3 is 18.9 Å². The van der Waals surface area contributed by atoms with E-state index >= 15 is 0 Å². The number of hydrogen-bond donors (Lipinski definition) is 0. The second kappa shape index (κ2) is 11.1. The predicted octanol–water partition coefficient (Wildman–Crippen LogP) is 4.02. The van der Waals surface area contributed by atoms with Crippen molar-refractivity contribution in [3.63, 3.8) is 0 Å². The minimum atomic E-state index is -0.554. The summed E-state index contributed by atoms with van der Waals surface area (Å²) in [5.74, 6) is 0.120. The van der Waals surface area contributed by atoms with Crippen LogP contribution in [0.3, 0.4) is 0 Å². The van der Waals surface area contributed by atoms with Crippen molar-refractivity contribution in [2.75, 3.05) is 13.1 Å². The number of hydrogen-bond acceptors (Lipinski definition) is 6. The van der Waals surface area contributed by atoms with E-state index in [-0.39, 0.29) is 35.7 Å². The van der Waals surface area contributed by atoms with E-state index in [0.29, 0.717) is 55.0 Å². The van der Waals surface area contributed by atoms with E-state index in [4.69, 9.17) is 9.47 Å². The zero-order valence-electron chi connectivity index (χ0n) is 23.4. The van der Waals surface area contributed by atoms with Gasteiger partial charge >= 0.3 is 11.8 Å². The van der Waals surface area contributed by atoms with Crippen molar-refractivity contribution in [1.82, 2.24) is 23.6 Å². The molecule has 1 saturated heterocycles. The molecule has 0 unspecified atom stereocenters. The number of carbonyl (C=O) groups excluding carboxylic acids is 1. The number of amides is 1. The van der Waals surface area contributed by atoms with Gasteiger partial charge in [0.25, 0.3) is 5.56 Å². The van der Waals surface area contributed by atoms with Gasteiger partial charge in [-0.1, -0.05) is 12.1 Å². The average Bonchev–Trinajstić information content (AvgIpc) is 3.20. The lowest BCUT2D eigenvalue weighted by Crippen LogP contribution is -2.44. The van der Waals surface area contributed by atoms with E-state index < -0.39 is 11.4 Å². The van der Waals surface area contributed by atoms with Crippen LogP contribution in [0.5, 0.6) is 5.75 Å². The van der Waals surface area contributed by atoms with Crippen molar-refractivity contribution in [2.24, 2.45) is 7.05 Å². The first kappa shape index (κ1) is 28.1. The molecular formula is C28H36FN5O5. The molecule has 3 aromatic rings. The van der Waals surface area contributed by atoms with Gasteiger partial charge in [-0.05, 0) is 58.4 Å². The Bertz CT molecular complexity index is 1520. The quantitative estimate of drug-likeness (QED) is 0.467. The maximum atomic E-state index is 14.9. The average molecular weight is 542 g/mol. The maximum Gasteiger partial charge on any atom is 0.410 e. The van der Waals surface area contributed by atoms with E-state index in [0.717, 1.165) is 0 Å². The monoisotopic (exact) mass is 541 g/mol. The number of ether oxygens (including phenoxy) is 2. The van der Waals surface area contributed by atoms with Crippen LogP contribution in [0.25, 0.3) is 23.3 Å². The topological polar surface area (TPSA) is 101 Å². The molecule has 0 N–H and O–H groups in total. The van der Waals surface area contributed by atoms with Crippen molar-refractivity contribution in [3.8, 4) is 5.75 Å². The van der Waals surface area contributed by atoms with Gasteiger partial charge in [-0.15, -0.1) is 0 Å². The SMILES string of the molecule is CCn1c(=O)c2c(nc(/C=C/c3ccc(OC4CCN(C(=O)OC(C)(C)C)CC4)c(F)c3)n2C)n(CC)c1=O. The van der Waals surface area contributed by atoms with Crippen LogP contribution in [0, 0.1) is 5.82 Å². The van der Waals surface area contributed by atoms with Gasteiger partial charge in [0.15, 0.2) is 22.7 Å². The van der Waals surface area contributed by atoms with Crippen LogP contribution in [0.4, 0.5) is 9.18 Å². The zero-order valence-corrected chi connectivity index (χ0v) is 23.4. The fourth-order valence-electron chi connectivity index (χ4n) is 4.64. The summed E-state index contributed by atoms with van der Waals surface area (Å²) in [7, 11) is 1.71. The standard InChI is InChI=1S/C28H36FN5O5/c1-7-33-24-23(25(35)34(8-2)26(33)36)31(6)22(30-24)12-10-18-9-11-21(20(29)17-18)38-19-13-15-32(16-14-19)27(37)39-28(3,4)5/h9-12,17,19H,7-8,13-16H2,1-6H3/b12-10+. The number of carbonyl (C=O) groups is 1. The predicted molar refractivity (Wildman–Crippen MR) is 147 cm³/mol. The number of rotatable bonds is 6. The van der Waals surface area contributed by atoms with Gasteiger partial charge in [0.1, 0.15) is 17.5 Å². The summed E-state index contributed by atoms with van der Waals surface area (Å²) in [4.78, 5) is 44.0. The van der Waals surface area contributed by atoms with E-state index in [1.807, 2.05) is 27.7 Å². The summed E-state index contributed by atoms with van der Waals surface area (Å²) in [6, 6.07) is 4.69. The van der Waals surface area contributed by atoms with E-state index in [2.05, 4.69) is 4.98 Å². The molecule has 4 rings (SSSR count). The lowest BCUT2D eigenvalue weighted by atomic mass is 10.1. The second-order valence-electron chi connectivity index (χ2n) is 10.6. The number of aryl methyl sites for hydroxylation is 2. The van der Waals surface area contributed by atoms with Crippen LogP contribution in [0.2, 0.25) is 0 Å². The molecule has 10 nitrogen and oxygen atoms in total. The molecule has 1 aliphatic rings. The number of nitrogens with zero attached hydrogens (tertiary/aromatic N) is 5. The van der Waals surface area contributed by atoms with Gasteiger partial charge in [-0.3, -0.25) is 13.9 Å². The summed E-state index contributed by atoms with van der Waals surface area (Å²) >= 11 is 0. The van der Waals surface area contributed by atoms with E-state index in [1.165, 1.54) is 15.2 Å². The normalized spacial score (nSPS) is 14.9. The minimum absolute atomic E-state index is 0.151. The van der Waals surface area contributed by atoms with Crippen molar-refractivity contribution in [3.05, 3.63) is 56.2 Å². The highest BCUT2D eigenvalue weighted by Crippen LogP contribution is 2.25. The Hall–Kier alpha value is -3.89. The van der Waals surface area contributed by atoms with Crippen LogP contribution in [0.15, 0.2) is 27.8 Å². The third-order valence-corrected chi connectivity index (χ3v) is 6.68. The number of imidazole rings is 1. The molecule has 0 spiro atoms. The molecule has 1 aliphatic heterocycles. The molecule has 0 aliphatic carbocycles. The van der Waals surface area contributed by atoms with Gasteiger partial charge in [0.05, 0.1) is 0 Å². The Morgan fingerprint density at radius 2 is 1.77 bits per heavy atom. The third-order valence-electron chi connectivity index (χ3n) is 6.68. The Kier molecular flexibility index (Phi) is 7.99. The molecule has 11 heteroatoms. The Morgan fingerprint density at radius 1 is 1.10 bits per heavy atom. The Labute approximate surface area is 226 Å². The molecule has 1 fully saturated rings.